The van der Waals surface area contributed by atoms with Gasteiger partial charge in [-0.15, -0.1) is 0 Å². The minimum absolute atomic E-state index is 0.188. The lowest BCUT2D eigenvalue weighted by Crippen LogP contribution is -2.35. The number of nitrogens with one attached hydrogen (secondary N) is 1. The Hall–Kier alpha value is -2.23. The lowest BCUT2D eigenvalue weighted by molar-refractivity contribution is -0.120. The Morgan fingerprint density at radius 3 is 2.85 bits per heavy atom. The molecule has 0 radical (unpaired) electrons. The van der Waals surface area contributed by atoms with Crippen molar-refractivity contribution in [2.75, 3.05) is 18.2 Å². The van der Waals surface area contributed by atoms with E-state index in [2.05, 4.69) is 14.8 Å². The van der Waals surface area contributed by atoms with Crippen LogP contribution in [0.3, 0.4) is 0 Å². The molecule has 0 fully saturated rings. The van der Waals surface area contributed by atoms with Gasteiger partial charge in [-0.25, -0.2) is 17.8 Å². The number of hydrogen-bond donors (Lipinski definition) is 1. The van der Waals surface area contributed by atoms with Crippen LogP contribution < -0.4 is 9.62 Å². The van der Waals surface area contributed by atoms with Crippen LogP contribution >= 0.6 is 11.6 Å². The molecule has 0 saturated carbocycles. The number of nitrogens with zero attached hydrogens (tertiary/aromatic N) is 4. The van der Waals surface area contributed by atoms with E-state index in [1.807, 2.05) is 6.07 Å². The van der Waals surface area contributed by atoms with Gasteiger partial charge in [0, 0.05) is 19.3 Å². The number of pyridine rings is 1. The van der Waals surface area contributed by atoms with Crippen LogP contribution in [0.25, 0.3) is 5.69 Å². The van der Waals surface area contributed by atoms with Gasteiger partial charge in [0.15, 0.2) is 5.15 Å². The average Bonchev–Trinajstić information content (AvgIpc) is 3.19. The second kappa shape index (κ2) is 7.18. The number of carbonyl (C=O) groups is 1. The molecule has 2 aromatic rings. The van der Waals surface area contributed by atoms with Crippen LogP contribution in [0.4, 0.5) is 5.69 Å². The quantitative estimate of drug-likeness (QED) is 0.771. The van der Waals surface area contributed by atoms with E-state index in [0.717, 1.165) is 11.9 Å². The maximum Gasteiger partial charge on any atom is 0.233 e. The van der Waals surface area contributed by atoms with Crippen LogP contribution in [0.5, 0.6) is 0 Å². The molecule has 0 spiro atoms. The SMILES string of the molecule is CN(C(=O)[C@@H]1C=C[C@H](NS(C)(=O)=O)C1)c1cn(-c2cccnc2)nc1Cl. The highest BCUT2D eigenvalue weighted by Gasteiger charge is 2.30. The number of sulfonamides is 1. The minimum atomic E-state index is -3.33. The van der Waals surface area contributed by atoms with E-state index in [4.69, 9.17) is 11.6 Å². The fourth-order valence-corrected chi connectivity index (χ4v) is 3.78. The molecule has 3 rings (SSSR count). The molecule has 1 amide bonds. The first-order chi connectivity index (χ1) is 12.2. The molecule has 1 aliphatic carbocycles. The van der Waals surface area contributed by atoms with Gasteiger partial charge in [0.2, 0.25) is 15.9 Å². The zero-order valence-corrected chi connectivity index (χ0v) is 15.8. The van der Waals surface area contributed by atoms with Gasteiger partial charge in [0.25, 0.3) is 0 Å². The van der Waals surface area contributed by atoms with Crippen molar-refractivity contribution >= 4 is 33.2 Å². The molecular formula is C16H18ClN5O3S. The van der Waals surface area contributed by atoms with E-state index in [9.17, 15) is 13.2 Å². The molecule has 1 N–H and O–H groups in total. The summed E-state index contributed by atoms with van der Waals surface area (Å²) in [6.45, 7) is 0. The Morgan fingerprint density at radius 1 is 1.42 bits per heavy atom. The number of amides is 1. The fraction of sp³-hybridized carbons (Fsp3) is 0.312. The standard InChI is InChI=1S/C16H18ClN5O3S/c1-21(16(23)11-5-6-12(8-11)20-26(2,24)25)14-10-22(19-15(14)17)13-4-3-7-18-9-13/h3-7,9-12,20H,8H2,1-2H3/t11-,12+/m1/s1. The molecule has 2 aromatic heterocycles. The second-order valence-corrected chi connectivity index (χ2v) is 8.22. The molecule has 0 saturated heterocycles. The summed E-state index contributed by atoms with van der Waals surface area (Å²) in [6.07, 6.45) is 9.80. The monoisotopic (exact) mass is 395 g/mol. The molecule has 0 aromatic carbocycles. The maximum absolute atomic E-state index is 12.7. The van der Waals surface area contributed by atoms with E-state index >= 15 is 0 Å². The molecule has 0 aliphatic heterocycles. The smallest absolute Gasteiger partial charge is 0.233 e. The predicted octanol–water partition coefficient (Wildman–Crippen LogP) is 1.38. The molecule has 138 valence electrons. The van der Waals surface area contributed by atoms with Gasteiger partial charge in [-0.3, -0.25) is 9.78 Å². The number of anilines is 1. The summed E-state index contributed by atoms with van der Waals surface area (Å²) < 4.78 is 26.7. The first kappa shape index (κ1) is 18.6. The highest BCUT2D eigenvalue weighted by Crippen LogP contribution is 2.28. The van der Waals surface area contributed by atoms with Crippen molar-refractivity contribution in [2.45, 2.75) is 12.5 Å². The second-order valence-electron chi connectivity index (χ2n) is 6.08. The molecular weight excluding hydrogens is 378 g/mol. The van der Waals surface area contributed by atoms with Crippen LogP contribution in [0.2, 0.25) is 5.15 Å². The Kier molecular flexibility index (Phi) is 5.12. The van der Waals surface area contributed by atoms with E-state index in [0.29, 0.717) is 12.1 Å². The topological polar surface area (TPSA) is 97.2 Å². The van der Waals surface area contributed by atoms with Crippen LogP contribution in [-0.2, 0) is 14.8 Å². The third kappa shape index (κ3) is 4.12. The number of aromatic nitrogens is 3. The normalized spacial score (nSPS) is 19.7. The summed E-state index contributed by atoms with van der Waals surface area (Å²) >= 11 is 6.20. The summed E-state index contributed by atoms with van der Waals surface area (Å²) in [7, 11) is -1.71. The average molecular weight is 396 g/mol. The largest absolute Gasteiger partial charge is 0.311 e. The number of rotatable bonds is 5. The first-order valence-corrected chi connectivity index (χ1v) is 10.1. The fourth-order valence-electron chi connectivity index (χ4n) is 2.80. The summed E-state index contributed by atoms with van der Waals surface area (Å²) in [5.41, 5.74) is 1.19. The zero-order valence-electron chi connectivity index (χ0n) is 14.2. The Bertz CT molecular complexity index is 942. The summed E-state index contributed by atoms with van der Waals surface area (Å²) in [4.78, 5) is 18.2. The highest BCUT2D eigenvalue weighted by atomic mass is 35.5. The van der Waals surface area contributed by atoms with Gasteiger partial charge in [-0.2, -0.15) is 5.10 Å². The van der Waals surface area contributed by atoms with Crippen LogP contribution in [-0.4, -0.2) is 48.4 Å². The third-order valence-corrected chi connectivity index (χ3v) is 5.02. The summed E-state index contributed by atoms with van der Waals surface area (Å²) in [6, 6.07) is 3.21. The van der Waals surface area contributed by atoms with Gasteiger partial charge in [-0.1, -0.05) is 23.8 Å². The Balaban J connectivity index is 1.74. The first-order valence-electron chi connectivity index (χ1n) is 7.83. The number of halogens is 1. The molecule has 26 heavy (non-hydrogen) atoms. The molecule has 2 heterocycles. The summed E-state index contributed by atoms with van der Waals surface area (Å²) in [5.74, 6) is -0.622. The van der Waals surface area contributed by atoms with Crippen molar-refractivity contribution in [3.05, 3.63) is 48.0 Å². The van der Waals surface area contributed by atoms with Crippen LogP contribution in [0.15, 0.2) is 42.9 Å². The van der Waals surface area contributed by atoms with Crippen LogP contribution in [0.1, 0.15) is 6.42 Å². The highest BCUT2D eigenvalue weighted by molar-refractivity contribution is 7.88. The van der Waals surface area contributed by atoms with E-state index < -0.39 is 15.9 Å². The van der Waals surface area contributed by atoms with E-state index in [1.165, 1.54) is 4.90 Å². The van der Waals surface area contributed by atoms with Crippen molar-refractivity contribution in [2.24, 2.45) is 5.92 Å². The molecule has 10 heteroatoms. The maximum atomic E-state index is 12.7. The summed E-state index contributed by atoms with van der Waals surface area (Å²) in [5, 5.41) is 4.41. The molecule has 0 bridgehead atoms. The molecule has 8 nitrogen and oxygen atoms in total. The van der Waals surface area contributed by atoms with E-state index in [1.54, 1.807) is 48.5 Å². The molecule has 0 unspecified atom stereocenters. The van der Waals surface area contributed by atoms with Gasteiger partial charge in [0.05, 0.1) is 30.3 Å². The number of carbonyl (C=O) groups excluding carboxylic acids is 1. The predicted molar refractivity (Wildman–Crippen MR) is 98.8 cm³/mol. The minimum Gasteiger partial charge on any atom is -0.311 e. The van der Waals surface area contributed by atoms with Gasteiger partial charge < -0.3 is 4.90 Å². The van der Waals surface area contributed by atoms with Gasteiger partial charge in [0.1, 0.15) is 5.69 Å². The van der Waals surface area contributed by atoms with E-state index in [-0.39, 0.29) is 17.1 Å². The van der Waals surface area contributed by atoms with Crippen LogP contribution in [0, 0.1) is 5.92 Å². The van der Waals surface area contributed by atoms with Crippen molar-refractivity contribution in [1.29, 1.82) is 0 Å². The Labute approximate surface area is 156 Å². The number of hydrogen-bond acceptors (Lipinski definition) is 5. The third-order valence-electron chi connectivity index (χ3n) is 4.02. The Morgan fingerprint density at radius 2 is 2.19 bits per heavy atom. The lowest BCUT2D eigenvalue weighted by Gasteiger charge is -2.20. The van der Waals surface area contributed by atoms with Gasteiger partial charge >= 0.3 is 0 Å². The van der Waals surface area contributed by atoms with Crippen molar-refractivity contribution in [3.63, 3.8) is 0 Å². The van der Waals surface area contributed by atoms with Crippen molar-refractivity contribution in [3.8, 4) is 5.69 Å². The zero-order chi connectivity index (χ0) is 18.9. The van der Waals surface area contributed by atoms with Crippen molar-refractivity contribution < 1.29 is 13.2 Å². The lowest BCUT2D eigenvalue weighted by atomic mass is 10.1. The van der Waals surface area contributed by atoms with Gasteiger partial charge in [-0.05, 0) is 18.6 Å². The molecule has 2 atom stereocenters. The molecule has 1 aliphatic rings. The van der Waals surface area contributed by atoms with Crippen molar-refractivity contribution in [1.82, 2.24) is 19.5 Å².